The second kappa shape index (κ2) is 8.22. The molecule has 0 bridgehead atoms. The number of hydrogen-bond acceptors (Lipinski definition) is 4. The molecule has 2 heterocycles. The zero-order chi connectivity index (χ0) is 18.6. The highest BCUT2D eigenvalue weighted by atomic mass is 19.1. The number of urea groups is 1. The second-order valence-electron chi connectivity index (χ2n) is 7.19. The van der Waals surface area contributed by atoms with E-state index in [2.05, 4.69) is 12.2 Å². The summed E-state index contributed by atoms with van der Waals surface area (Å²) in [5.74, 6) is -0.310. The van der Waals surface area contributed by atoms with Crippen LogP contribution in [0.5, 0.6) is 0 Å². The molecule has 2 aliphatic rings. The third kappa shape index (κ3) is 4.45. The van der Waals surface area contributed by atoms with E-state index < -0.39 is 0 Å². The summed E-state index contributed by atoms with van der Waals surface area (Å²) in [6.45, 7) is 6.00. The van der Waals surface area contributed by atoms with E-state index in [-0.39, 0.29) is 17.4 Å². The number of benzene rings is 1. The summed E-state index contributed by atoms with van der Waals surface area (Å²) in [5, 5.41) is 2.97. The van der Waals surface area contributed by atoms with Crippen LogP contribution in [0, 0.1) is 5.82 Å². The van der Waals surface area contributed by atoms with Crippen LogP contribution in [-0.2, 0) is 9.47 Å². The van der Waals surface area contributed by atoms with Gasteiger partial charge >= 0.3 is 6.03 Å². The van der Waals surface area contributed by atoms with E-state index in [1.165, 1.54) is 12.1 Å². The number of morpholine rings is 1. The summed E-state index contributed by atoms with van der Waals surface area (Å²) < 4.78 is 24.7. The van der Waals surface area contributed by atoms with E-state index in [9.17, 15) is 9.18 Å². The van der Waals surface area contributed by atoms with Crippen molar-refractivity contribution in [1.29, 1.82) is 0 Å². The molecule has 1 aromatic rings. The Bertz CT molecular complexity index is 636. The maximum Gasteiger partial charge on any atom is 0.321 e. The van der Waals surface area contributed by atoms with Crippen molar-refractivity contribution < 1.29 is 18.7 Å². The number of anilines is 2. The van der Waals surface area contributed by atoms with Gasteiger partial charge in [0.05, 0.1) is 30.2 Å². The first-order valence-electron chi connectivity index (χ1n) is 9.24. The maximum absolute atomic E-state index is 13.8. The summed E-state index contributed by atoms with van der Waals surface area (Å²) in [6, 6.07) is 4.34. The topological polar surface area (TPSA) is 54.0 Å². The van der Waals surface area contributed by atoms with Crippen LogP contribution in [0.1, 0.15) is 26.2 Å². The molecule has 26 heavy (non-hydrogen) atoms. The molecule has 2 aliphatic heterocycles. The highest BCUT2D eigenvalue weighted by Crippen LogP contribution is 2.29. The zero-order valence-corrected chi connectivity index (χ0v) is 15.6. The molecule has 1 N–H and O–H groups in total. The van der Waals surface area contributed by atoms with Gasteiger partial charge in [0.25, 0.3) is 0 Å². The van der Waals surface area contributed by atoms with Gasteiger partial charge in [-0.3, -0.25) is 0 Å². The van der Waals surface area contributed by atoms with Gasteiger partial charge in [-0.1, -0.05) is 0 Å². The fourth-order valence-electron chi connectivity index (χ4n) is 3.53. The minimum Gasteiger partial charge on any atom is -0.378 e. The van der Waals surface area contributed by atoms with E-state index >= 15 is 0 Å². The first-order valence-corrected chi connectivity index (χ1v) is 9.24. The van der Waals surface area contributed by atoms with Crippen LogP contribution in [0.15, 0.2) is 18.2 Å². The number of hydrogen-bond donors (Lipinski definition) is 1. The Morgan fingerprint density at radius 1 is 1.23 bits per heavy atom. The smallest absolute Gasteiger partial charge is 0.321 e. The molecule has 1 atom stereocenters. The number of halogens is 1. The van der Waals surface area contributed by atoms with Gasteiger partial charge in [0.1, 0.15) is 5.82 Å². The van der Waals surface area contributed by atoms with Crippen LogP contribution in [0.2, 0.25) is 0 Å². The molecule has 6 nitrogen and oxygen atoms in total. The number of amides is 2. The molecule has 1 unspecified atom stereocenters. The van der Waals surface area contributed by atoms with Crippen molar-refractivity contribution >= 4 is 17.4 Å². The van der Waals surface area contributed by atoms with Crippen molar-refractivity contribution in [1.82, 2.24) is 4.90 Å². The molecule has 1 aromatic carbocycles. The second-order valence-corrected chi connectivity index (χ2v) is 7.19. The largest absolute Gasteiger partial charge is 0.378 e. The van der Waals surface area contributed by atoms with Crippen LogP contribution >= 0.6 is 0 Å². The number of carbonyl (C=O) groups excluding carboxylic acids is 1. The average Bonchev–Trinajstić information content (AvgIpc) is 2.86. The molecule has 0 aliphatic carbocycles. The Balaban J connectivity index is 1.71. The average molecular weight is 365 g/mol. The molecule has 144 valence electrons. The van der Waals surface area contributed by atoms with Gasteiger partial charge < -0.3 is 24.6 Å². The molecule has 2 saturated heterocycles. The van der Waals surface area contributed by atoms with Crippen molar-refractivity contribution in [2.24, 2.45) is 0 Å². The van der Waals surface area contributed by atoms with Crippen LogP contribution in [0.3, 0.4) is 0 Å². The van der Waals surface area contributed by atoms with E-state index in [1.807, 2.05) is 9.80 Å². The summed E-state index contributed by atoms with van der Waals surface area (Å²) in [4.78, 5) is 16.6. The molecular weight excluding hydrogens is 337 g/mol. The Hall–Kier alpha value is -1.86. The van der Waals surface area contributed by atoms with Crippen molar-refractivity contribution in [2.75, 3.05) is 56.7 Å². The number of methoxy groups -OCH3 is 1. The predicted molar refractivity (Wildman–Crippen MR) is 99.3 cm³/mol. The quantitative estimate of drug-likeness (QED) is 0.894. The Morgan fingerprint density at radius 3 is 2.73 bits per heavy atom. The Kier molecular flexibility index (Phi) is 5.98. The molecule has 0 spiro atoms. The van der Waals surface area contributed by atoms with Crippen molar-refractivity contribution in [3.05, 3.63) is 24.0 Å². The first kappa shape index (κ1) is 18.9. The Labute approximate surface area is 154 Å². The summed E-state index contributed by atoms with van der Waals surface area (Å²) in [7, 11) is 1.73. The Morgan fingerprint density at radius 2 is 2.00 bits per heavy atom. The number of ether oxygens (including phenoxy) is 2. The highest BCUT2D eigenvalue weighted by molar-refractivity contribution is 5.93. The number of nitrogens with one attached hydrogen (secondary N) is 1. The van der Waals surface area contributed by atoms with E-state index in [0.29, 0.717) is 50.8 Å². The molecule has 7 heteroatoms. The lowest BCUT2D eigenvalue weighted by molar-refractivity contribution is -0.00491. The van der Waals surface area contributed by atoms with E-state index in [0.717, 1.165) is 19.3 Å². The monoisotopic (exact) mass is 365 g/mol. The number of nitrogens with zero attached hydrogens (tertiary/aromatic N) is 2. The SMILES string of the molecule is COC1(C)CCCN(C(=O)Nc2ccc(F)cc2N2CCOCC2)CC1. The van der Waals surface area contributed by atoms with Gasteiger partial charge in [-0.2, -0.15) is 0 Å². The molecule has 2 fully saturated rings. The first-order chi connectivity index (χ1) is 12.5. The molecule has 2 amide bonds. The minimum absolute atomic E-state index is 0.147. The van der Waals surface area contributed by atoms with Crippen LogP contribution < -0.4 is 10.2 Å². The zero-order valence-electron chi connectivity index (χ0n) is 15.6. The van der Waals surface area contributed by atoms with Gasteiger partial charge in [0.2, 0.25) is 0 Å². The van der Waals surface area contributed by atoms with Crippen molar-refractivity contribution in [3.63, 3.8) is 0 Å². The van der Waals surface area contributed by atoms with Crippen molar-refractivity contribution in [3.8, 4) is 0 Å². The standard InChI is InChI=1S/C19H28FN3O3/c1-19(25-2)6-3-8-23(9-7-19)18(24)21-16-5-4-15(20)14-17(16)22-10-12-26-13-11-22/h4-5,14H,3,6-13H2,1-2H3,(H,21,24). The molecule has 0 radical (unpaired) electrons. The van der Waals surface area contributed by atoms with Gasteiger partial charge in [-0.05, 0) is 44.4 Å². The van der Waals surface area contributed by atoms with Gasteiger partial charge in [-0.25, -0.2) is 9.18 Å². The number of rotatable bonds is 3. The molecule has 0 aromatic heterocycles. The number of likely N-dealkylation sites (tertiary alicyclic amines) is 1. The van der Waals surface area contributed by atoms with Crippen LogP contribution in [-0.4, -0.2) is 63.0 Å². The van der Waals surface area contributed by atoms with Gasteiger partial charge in [-0.15, -0.1) is 0 Å². The summed E-state index contributed by atoms with van der Waals surface area (Å²) >= 11 is 0. The lowest BCUT2D eigenvalue weighted by atomic mass is 9.97. The van der Waals surface area contributed by atoms with Gasteiger partial charge in [0, 0.05) is 33.3 Å². The molecular formula is C19H28FN3O3. The normalized spacial score (nSPS) is 24.3. The maximum atomic E-state index is 13.8. The summed E-state index contributed by atoms with van der Waals surface area (Å²) in [6.07, 6.45) is 2.64. The van der Waals surface area contributed by atoms with E-state index in [4.69, 9.17) is 9.47 Å². The fraction of sp³-hybridized carbons (Fsp3) is 0.632. The van der Waals surface area contributed by atoms with E-state index in [1.54, 1.807) is 13.2 Å². The third-order valence-corrected chi connectivity index (χ3v) is 5.38. The fourth-order valence-corrected chi connectivity index (χ4v) is 3.53. The van der Waals surface area contributed by atoms with Crippen LogP contribution in [0.25, 0.3) is 0 Å². The number of carbonyl (C=O) groups is 1. The van der Waals surface area contributed by atoms with Crippen LogP contribution in [0.4, 0.5) is 20.6 Å². The predicted octanol–water partition coefficient (Wildman–Crippen LogP) is 3.09. The third-order valence-electron chi connectivity index (χ3n) is 5.38. The lowest BCUT2D eigenvalue weighted by Crippen LogP contribution is -2.39. The molecule has 0 saturated carbocycles. The summed E-state index contributed by atoms with van der Waals surface area (Å²) in [5.41, 5.74) is 1.17. The molecule has 3 rings (SSSR count). The highest BCUT2D eigenvalue weighted by Gasteiger charge is 2.29. The lowest BCUT2D eigenvalue weighted by Gasteiger charge is -2.31. The minimum atomic E-state index is -0.310. The van der Waals surface area contributed by atoms with Crippen molar-refractivity contribution in [2.45, 2.75) is 31.8 Å². The van der Waals surface area contributed by atoms with Gasteiger partial charge in [0.15, 0.2) is 0 Å².